The molecule has 2 amide bonds. The first-order valence-electron chi connectivity index (χ1n) is 8.43. The quantitative estimate of drug-likeness (QED) is 0.825. The third-order valence-corrected chi connectivity index (χ3v) is 7.66. The Bertz CT molecular complexity index is 960. The smallest absolute Gasteiger partial charge is 0.291 e. The van der Waals surface area contributed by atoms with Gasteiger partial charge in [-0.25, -0.2) is 8.42 Å². The van der Waals surface area contributed by atoms with E-state index in [-0.39, 0.29) is 29.2 Å². The second-order valence-corrected chi connectivity index (χ2v) is 9.90. The van der Waals surface area contributed by atoms with Crippen LogP contribution in [-0.2, 0) is 22.7 Å². The summed E-state index contributed by atoms with van der Waals surface area (Å²) in [5.74, 6) is -0.485. The molecule has 0 saturated carbocycles. The fourth-order valence-corrected chi connectivity index (χ4v) is 6.43. The molecule has 4 rings (SSSR count). The molecule has 0 spiro atoms. The molecule has 1 fully saturated rings. The third kappa shape index (κ3) is 3.28. The van der Waals surface area contributed by atoms with Crippen molar-refractivity contribution in [3.05, 3.63) is 40.2 Å². The van der Waals surface area contributed by atoms with Gasteiger partial charge in [0.1, 0.15) is 5.00 Å². The van der Waals surface area contributed by atoms with Gasteiger partial charge in [0.05, 0.1) is 23.3 Å². The molecule has 0 aromatic carbocycles. The van der Waals surface area contributed by atoms with Crippen LogP contribution in [0.3, 0.4) is 0 Å². The first-order valence-corrected chi connectivity index (χ1v) is 11.1. The number of anilines is 1. The van der Waals surface area contributed by atoms with Crippen LogP contribution in [0, 0.1) is 0 Å². The Kier molecular flexibility index (Phi) is 4.36. The van der Waals surface area contributed by atoms with E-state index in [0.717, 1.165) is 29.7 Å². The van der Waals surface area contributed by atoms with Gasteiger partial charge in [0, 0.05) is 10.9 Å². The average Bonchev–Trinajstić information content (AvgIpc) is 3.31. The van der Waals surface area contributed by atoms with E-state index in [0.29, 0.717) is 17.0 Å². The molecule has 9 heteroatoms. The van der Waals surface area contributed by atoms with Crippen molar-refractivity contribution in [1.82, 2.24) is 5.32 Å². The zero-order chi connectivity index (χ0) is 18.3. The van der Waals surface area contributed by atoms with Gasteiger partial charge in [0.25, 0.3) is 11.8 Å². The van der Waals surface area contributed by atoms with Crippen LogP contribution >= 0.6 is 11.3 Å². The monoisotopic (exact) mass is 394 g/mol. The highest BCUT2D eigenvalue weighted by Gasteiger charge is 2.32. The molecule has 0 bridgehead atoms. The summed E-state index contributed by atoms with van der Waals surface area (Å²) in [4.78, 5) is 26.2. The van der Waals surface area contributed by atoms with E-state index >= 15 is 0 Å². The largest absolute Gasteiger partial charge is 0.459 e. The third-order valence-electron chi connectivity index (χ3n) is 4.69. The molecule has 1 aliphatic heterocycles. The lowest BCUT2D eigenvalue weighted by Crippen LogP contribution is -2.36. The highest BCUT2D eigenvalue weighted by atomic mass is 32.2. The second-order valence-electron chi connectivity index (χ2n) is 6.57. The van der Waals surface area contributed by atoms with Gasteiger partial charge in [-0.15, -0.1) is 11.3 Å². The number of hydrogen-bond acceptors (Lipinski definition) is 6. The molecule has 0 unspecified atom stereocenters. The van der Waals surface area contributed by atoms with Crippen molar-refractivity contribution in [3.8, 4) is 0 Å². The van der Waals surface area contributed by atoms with E-state index in [9.17, 15) is 18.0 Å². The Hall–Kier alpha value is -2.13. The highest BCUT2D eigenvalue weighted by Crippen LogP contribution is 2.39. The molecule has 26 heavy (non-hydrogen) atoms. The molecule has 0 radical (unpaired) electrons. The standard InChI is InChI=1S/C17H18N2O5S2/c20-15(12-4-2-7-24-12)19-17-14(11-3-1-5-13(11)25-17)16(21)18-10-6-8-26(22,23)9-10/h2,4,7,10H,1,3,5-6,8-9H2,(H,18,21)(H,19,20)/t10-/m0/s1. The SMILES string of the molecule is O=C(Nc1sc2c(c1C(=O)N[C@H]1CCS(=O)(=O)C1)CCC2)c1ccco1. The maximum atomic E-state index is 12.8. The van der Waals surface area contributed by atoms with Gasteiger partial charge in [0.15, 0.2) is 15.6 Å². The number of sulfone groups is 1. The van der Waals surface area contributed by atoms with Crippen LogP contribution in [0.25, 0.3) is 0 Å². The minimum Gasteiger partial charge on any atom is -0.459 e. The Morgan fingerprint density at radius 2 is 2.08 bits per heavy atom. The molecule has 2 aromatic heterocycles. The summed E-state index contributed by atoms with van der Waals surface area (Å²) in [5, 5.41) is 6.09. The highest BCUT2D eigenvalue weighted by molar-refractivity contribution is 7.91. The lowest BCUT2D eigenvalue weighted by atomic mass is 10.1. The predicted molar refractivity (Wildman–Crippen MR) is 97.5 cm³/mol. The number of hydrogen-bond donors (Lipinski definition) is 2. The fraction of sp³-hybridized carbons (Fsp3) is 0.412. The molecular weight excluding hydrogens is 376 g/mol. The van der Waals surface area contributed by atoms with Crippen LogP contribution in [0.5, 0.6) is 0 Å². The first-order chi connectivity index (χ1) is 12.4. The van der Waals surface area contributed by atoms with Crippen molar-refractivity contribution >= 4 is 38.0 Å². The van der Waals surface area contributed by atoms with Crippen LogP contribution < -0.4 is 10.6 Å². The number of amides is 2. The van der Waals surface area contributed by atoms with E-state index in [4.69, 9.17) is 4.42 Å². The molecule has 2 aliphatic rings. The van der Waals surface area contributed by atoms with Crippen molar-refractivity contribution in [1.29, 1.82) is 0 Å². The van der Waals surface area contributed by atoms with E-state index < -0.39 is 15.7 Å². The summed E-state index contributed by atoms with van der Waals surface area (Å²) in [6.07, 6.45) is 4.49. The van der Waals surface area contributed by atoms with Crippen LogP contribution in [0.2, 0.25) is 0 Å². The summed E-state index contributed by atoms with van der Waals surface area (Å²) >= 11 is 1.41. The van der Waals surface area contributed by atoms with Gasteiger partial charge < -0.3 is 15.1 Å². The van der Waals surface area contributed by atoms with Gasteiger partial charge in [-0.3, -0.25) is 9.59 Å². The number of furan rings is 1. The van der Waals surface area contributed by atoms with Crippen molar-refractivity contribution in [3.63, 3.8) is 0 Å². The number of aryl methyl sites for hydroxylation is 1. The lowest BCUT2D eigenvalue weighted by molar-refractivity contribution is 0.0941. The first kappa shape index (κ1) is 17.3. The molecule has 1 saturated heterocycles. The minimum atomic E-state index is -3.07. The Morgan fingerprint density at radius 3 is 2.77 bits per heavy atom. The molecule has 2 N–H and O–H groups in total. The van der Waals surface area contributed by atoms with Gasteiger partial charge in [-0.1, -0.05) is 0 Å². The Morgan fingerprint density at radius 1 is 1.23 bits per heavy atom. The van der Waals surface area contributed by atoms with E-state index in [2.05, 4.69) is 10.6 Å². The van der Waals surface area contributed by atoms with Crippen LogP contribution in [-0.4, -0.2) is 37.8 Å². The van der Waals surface area contributed by atoms with Crippen LogP contribution in [0.1, 0.15) is 44.2 Å². The molecule has 7 nitrogen and oxygen atoms in total. The minimum absolute atomic E-state index is 0.0286. The van der Waals surface area contributed by atoms with E-state index in [1.807, 2.05) is 0 Å². The van der Waals surface area contributed by atoms with Crippen molar-refractivity contribution in [2.45, 2.75) is 31.7 Å². The van der Waals surface area contributed by atoms with Gasteiger partial charge in [-0.2, -0.15) is 0 Å². The molecule has 1 atom stereocenters. The topological polar surface area (TPSA) is 105 Å². The van der Waals surface area contributed by atoms with Crippen LogP contribution in [0.4, 0.5) is 5.00 Å². The number of fused-ring (bicyclic) bond motifs is 1. The number of carbonyl (C=O) groups is 2. The zero-order valence-corrected chi connectivity index (χ0v) is 15.5. The Labute approximate surface area is 154 Å². The van der Waals surface area contributed by atoms with Crippen molar-refractivity contribution in [2.75, 3.05) is 16.8 Å². The van der Waals surface area contributed by atoms with E-state index in [1.54, 1.807) is 12.1 Å². The average molecular weight is 394 g/mol. The van der Waals surface area contributed by atoms with Crippen molar-refractivity contribution < 1.29 is 22.4 Å². The Balaban J connectivity index is 1.58. The maximum absolute atomic E-state index is 12.8. The summed E-state index contributed by atoms with van der Waals surface area (Å²) in [6, 6.07) is 2.80. The van der Waals surface area contributed by atoms with E-state index in [1.165, 1.54) is 17.6 Å². The summed E-state index contributed by atoms with van der Waals surface area (Å²) in [7, 11) is -3.07. The molecule has 3 heterocycles. The summed E-state index contributed by atoms with van der Waals surface area (Å²) in [6.45, 7) is 0. The summed E-state index contributed by atoms with van der Waals surface area (Å²) < 4.78 is 28.3. The van der Waals surface area contributed by atoms with Crippen molar-refractivity contribution in [2.24, 2.45) is 0 Å². The number of carbonyl (C=O) groups excluding carboxylic acids is 2. The van der Waals surface area contributed by atoms with Gasteiger partial charge >= 0.3 is 0 Å². The normalized spacial score (nSPS) is 20.7. The number of thiophene rings is 1. The molecule has 2 aromatic rings. The second kappa shape index (κ2) is 6.55. The van der Waals surface area contributed by atoms with Crippen LogP contribution in [0.15, 0.2) is 22.8 Å². The maximum Gasteiger partial charge on any atom is 0.291 e. The van der Waals surface area contributed by atoms with Gasteiger partial charge in [-0.05, 0) is 43.4 Å². The predicted octanol–water partition coefficient (Wildman–Crippen LogP) is 2.00. The fourth-order valence-electron chi connectivity index (χ4n) is 3.47. The molecular formula is C17H18N2O5S2. The molecule has 138 valence electrons. The van der Waals surface area contributed by atoms with Gasteiger partial charge in [0.2, 0.25) is 0 Å². The summed E-state index contributed by atoms with van der Waals surface area (Å²) in [5.41, 5.74) is 1.43. The molecule has 1 aliphatic carbocycles. The zero-order valence-electron chi connectivity index (χ0n) is 13.9. The lowest BCUT2D eigenvalue weighted by Gasteiger charge is -2.13. The number of nitrogens with one attached hydrogen (secondary N) is 2. The number of rotatable bonds is 4.